The molecule has 1 aliphatic rings. The van der Waals surface area contributed by atoms with E-state index in [1.54, 1.807) is 6.08 Å². The van der Waals surface area contributed by atoms with Crippen LogP contribution in [0, 0.1) is 0 Å². The Balaban J connectivity index is 2.09. The van der Waals surface area contributed by atoms with E-state index in [0.29, 0.717) is 0 Å². The third-order valence-electron chi connectivity index (χ3n) is 3.17. The molecule has 21 heavy (non-hydrogen) atoms. The van der Waals surface area contributed by atoms with Gasteiger partial charge in [0.05, 0.1) is 0 Å². The zero-order chi connectivity index (χ0) is 15.4. The number of para-hydroxylation sites is 1. The van der Waals surface area contributed by atoms with Crippen LogP contribution in [-0.2, 0) is 9.59 Å². The molecule has 0 spiro atoms. The summed E-state index contributed by atoms with van der Waals surface area (Å²) in [5.74, 6) is -0.706. The van der Waals surface area contributed by atoms with E-state index in [-0.39, 0.29) is 6.10 Å². The molecule has 5 heteroatoms. The lowest BCUT2D eigenvalue weighted by Gasteiger charge is -2.22. The normalized spacial score (nSPS) is 18.4. The Morgan fingerprint density at radius 3 is 2.81 bits per heavy atom. The number of rotatable bonds is 4. The van der Waals surface area contributed by atoms with E-state index in [9.17, 15) is 9.59 Å². The van der Waals surface area contributed by atoms with Gasteiger partial charge in [-0.15, -0.1) is 0 Å². The lowest BCUT2D eigenvalue weighted by Crippen LogP contribution is -2.37. The van der Waals surface area contributed by atoms with Gasteiger partial charge in [0.1, 0.15) is 17.9 Å². The highest BCUT2D eigenvalue weighted by atomic mass is 16.5. The summed E-state index contributed by atoms with van der Waals surface area (Å²) in [4.78, 5) is 22.3. The van der Waals surface area contributed by atoms with E-state index >= 15 is 0 Å². The summed E-state index contributed by atoms with van der Waals surface area (Å²) < 4.78 is 5.75. The molecule has 0 saturated carbocycles. The minimum absolute atomic E-state index is 0.166. The molecule has 0 aromatic heterocycles. The number of carbonyl (C=O) groups is 2. The second-order valence-electron chi connectivity index (χ2n) is 4.84. The number of ether oxygens (including phenoxy) is 1. The van der Waals surface area contributed by atoms with Crippen molar-refractivity contribution < 1.29 is 19.4 Å². The first-order chi connectivity index (χ1) is 9.97. The molecule has 0 aliphatic carbocycles. The smallest absolute Gasteiger partial charge is 0.325 e. The van der Waals surface area contributed by atoms with Crippen molar-refractivity contribution in [3.8, 4) is 5.75 Å². The Kier molecular flexibility index (Phi) is 4.42. The van der Waals surface area contributed by atoms with Crippen molar-refractivity contribution in [2.24, 2.45) is 0 Å². The van der Waals surface area contributed by atoms with Crippen LogP contribution in [0.4, 0.5) is 0 Å². The Bertz CT molecular complexity index is 618. The number of carboxylic acids is 1. The Morgan fingerprint density at radius 1 is 1.38 bits per heavy atom. The van der Waals surface area contributed by atoms with E-state index in [1.807, 2.05) is 37.3 Å². The zero-order valence-electron chi connectivity index (χ0n) is 11.9. The van der Waals surface area contributed by atoms with E-state index in [1.165, 1.54) is 13.0 Å². The number of hydrogen-bond acceptors (Lipinski definition) is 3. The predicted molar refractivity (Wildman–Crippen MR) is 78.9 cm³/mol. The van der Waals surface area contributed by atoms with E-state index in [0.717, 1.165) is 16.9 Å². The van der Waals surface area contributed by atoms with Gasteiger partial charge in [-0.1, -0.05) is 18.2 Å². The van der Waals surface area contributed by atoms with Gasteiger partial charge in [-0.3, -0.25) is 9.59 Å². The molecule has 5 nitrogen and oxygen atoms in total. The molecule has 2 rings (SSSR count). The third-order valence-corrected chi connectivity index (χ3v) is 3.17. The van der Waals surface area contributed by atoms with Gasteiger partial charge in [0, 0.05) is 11.6 Å². The van der Waals surface area contributed by atoms with Gasteiger partial charge >= 0.3 is 5.97 Å². The largest absolute Gasteiger partial charge is 0.485 e. The fraction of sp³-hybridized carbons (Fsp3) is 0.250. The monoisotopic (exact) mass is 287 g/mol. The number of carboxylic acid groups (broad SMARTS) is 1. The molecule has 1 aromatic carbocycles. The number of aliphatic carboxylic acids is 1. The first-order valence-electron chi connectivity index (χ1n) is 6.66. The van der Waals surface area contributed by atoms with E-state index in [4.69, 9.17) is 9.84 Å². The number of hydrogen-bond donors (Lipinski definition) is 2. The maximum Gasteiger partial charge on any atom is 0.325 e. The lowest BCUT2D eigenvalue weighted by atomic mass is 10.0. The highest BCUT2D eigenvalue weighted by Gasteiger charge is 2.17. The van der Waals surface area contributed by atoms with Crippen molar-refractivity contribution in [2.75, 3.05) is 0 Å². The van der Waals surface area contributed by atoms with Crippen LogP contribution >= 0.6 is 0 Å². The minimum Gasteiger partial charge on any atom is -0.485 e. The molecule has 1 amide bonds. The highest BCUT2D eigenvalue weighted by Crippen LogP contribution is 2.29. The summed E-state index contributed by atoms with van der Waals surface area (Å²) in [6, 6.07) is 6.72. The van der Waals surface area contributed by atoms with Gasteiger partial charge in [0.25, 0.3) is 0 Å². The van der Waals surface area contributed by atoms with Crippen LogP contribution in [0.2, 0.25) is 0 Å². The molecule has 0 radical (unpaired) electrons. The average molecular weight is 287 g/mol. The molecular formula is C16H17NO4. The lowest BCUT2D eigenvalue weighted by molar-refractivity contribution is -0.140. The first kappa shape index (κ1) is 14.8. The number of nitrogens with one attached hydrogen (secondary N) is 1. The standard InChI is InChI=1S/C16H17NO4/c1-10(16(19)20)17-15(18)8-7-12-9-13-5-3-4-6-14(13)21-11(12)2/h3-11H,1-2H3,(H,17,18)(H,19,20)/b8-7+. The average Bonchev–Trinajstić information content (AvgIpc) is 2.44. The van der Waals surface area contributed by atoms with Crippen molar-refractivity contribution in [2.45, 2.75) is 26.0 Å². The maximum atomic E-state index is 11.6. The van der Waals surface area contributed by atoms with Gasteiger partial charge in [0.15, 0.2) is 0 Å². The predicted octanol–water partition coefficient (Wildman–Crippen LogP) is 2.00. The Morgan fingerprint density at radius 2 is 2.10 bits per heavy atom. The summed E-state index contributed by atoms with van der Waals surface area (Å²) in [5.41, 5.74) is 1.81. The molecule has 1 aromatic rings. The fourth-order valence-corrected chi connectivity index (χ4v) is 1.94. The fourth-order valence-electron chi connectivity index (χ4n) is 1.94. The molecule has 0 saturated heterocycles. The van der Waals surface area contributed by atoms with E-state index in [2.05, 4.69) is 5.32 Å². The molecule has 110 valence electrons. The topological polar surface area (TPSA) is 75.6 Å². The summed E-state index contributed by atoms with van der Waals surface area (Å²) >= 11 is 0. The maximum absolute atomic E-state index is 11.6. The zero-order valence-corrected chi connectivity index (χ0v) is 11.9. The SMILES string of the molecule is CC(NC(=O)/C=C/C1=Cc2ccccc2OC1C)C(=O)O. The number of amides is 1. The number of carbonyl (C=O) groups excluding carboxylic acids is 1. The van der Waals surface area contributed by atoms with Crippen LogP contribution in [0.5, 0.6) is 5.75 Å². The van der Waals surface area contributed by atoms with Crippen LogP contribution in [0.25, 0.3) is 6.08 Å². The van der Waals surface area contributed by atoms with E-state index < -0.39 is 17.9 Å². The van der Waals surface area contributed by atoms with Gasteiger partial charge in [-0.05, 0) is 37.6 Å². The van der Waals surface area contributed by atoms with Crippen LogP contribution in [-0.4, -0.2) is 29.1 Å². The van der Waals surface area contributed by atoms with Crippen molar-refractivity contribution in [3.63, 3.8) is 0 Å². The summed E-state index contributed by atoms with van der Waals surface area (Å²) in [6.07, 6.45) is 4.75. The Labute approximate surface area is 122 Å². The summed E-state index contributed by atoms with van der Waals surface area (Å²) in [7, 11) is 0. The number of benzene rings is 1. The molecule has 2 atom stereocenters. The third kappa shape index (κ3) is 3.72. The summed E-state index contributed by atoms with van der Waals surface area (Å²) in [6.45, 7) is 3.31. The Hall–Kier alpha value is -2.56. The number of fused-ring (bicyclic) bond motifs is 1. The molecule has 2 N–H and O–H groups in total. The summed E-state index contributed by atoms with van der Waals surface area (Å²) in [5, 5.41) is 11.1. The molecule has 0 fully saturated rings. The second kappa shape index (κ2) is 6.26. The van der Waals surface area contributed by atoms with Crippen molar-refractivity contribution >= 4 is 18.0 Å². The van der Waals surface area contributed by atoms with Crippen LogP contribution < -0.4 is 10.1 Å². The van der Waals surface area contributed by atoms with Gasteiger partial charge in [-0.2, -0.15) is 0 Å². The quantitative estimate of drug-likeness (QED) is 0.830. The molecule has 1 aliphatic heterocycles. The molecule has 2 unspecified atom stereocenters. The molecule has 0 bridgehead atoms. The molecule has 1 heterocycles. The van der Waals surface area contributed by atoms with Gasteiger partial charge < -0.3 is 15.2 Å². The first-order valence-corrected chi connectivity index (χ1v) is 6.66. The molecular weight excluding hydrogens is 270 g/mol. The highest BCUT2D eigenvalue weighted by molar-refractivity contribution is 5.91. The van der Waals surface area contributed by atoms with Crippen LogP contribution in [0.15, 0.2) is 42.0 Å². The van der Waals surface area contributed by atoms with Crippen molar-refractivity contribution in [1.82, 2.24) is 5.32 Å². The van der Waals surface area contributed by atoms with Crippen LogP contribution in [0.1, 0.15) is 19.4 Å². The van der Waals surface area contributed by atoms with Gasteiger partial charge in [0.2, 0.25) is 5.91 Å². The van der Waals surface area contributed by atoms with Gasteiger partial charge in [-0.25, -0.2) is 0 Å². The van der Waals surface area contributed by atoms with Crippen LogP contribution in [0.3, 0.4) is 0 Å². The van der Waals surface area contributed by atoms with Crippen molar-refractivity contribution in [3.05, 3.63) is 47.6 Å². The minimum atomic E-state index is -1.07. The second-order valence-corrected chi connectivity index (χ2v) is 4.84. The van der Waals surface area contributed by atoms with Crippen molar-refractivity contribution in [1.29, 1.82) is 0 Å².